The van der Waals surface area contributed by atoms with E-state index in [4.69, 9.17) is 0 Å². The molecule has 2 aromatic heterocycles. The maximum atomic E-state index is 4.36. The van der Waals surface area contributed by atoms with E-state index in [1.807, 2.05) is 24.2 Å². The van der Waals surface area contributed by atoms with Gasteiger partial charge in [-0.3, -0.25) is 0 Å². The summed E-state index contributed by atoms with van der Waals surface area (Å²) in [5.74, 6) is 2.24. The zero-order chi connectivity index (χ0) is 9.38. The van der Waals surface area contributed by atoms with Gasteiger partial charge in [-0.15, -0.1) is 11.8 Å². The number of pyridine rings is 1. The van der Waals surface area contributed by atoms with Crippen molar-refractivity contribution < 1.29 is 0 Å². The van der Waals surface area contributed by atoms with Crippen LogP contribution in [0.2, 0.25) is 0 Å². The van der Waals surface area contributed by atoms with Crippen LogP contribution in [0.15, 0.2) is 29.4 Å². The third-order valence-electron chi connectivity index (χ3n) is 2.56. The zero-order valence-electron chi connectivity index (χ0n) is 7.86. The predicted octanol–water partition coefficient (Wildman–Crippen LogP) is 3.07. The van der Waals surface area contributed by atoms with Crippen molar-refractivity contribution in [3.05, 3.63) is 24.5 Å². The monoisotopic (exact) mass is 204 g/mol. The van der Waals surface area contributed by atoms with Gasteiger partial charge in [-0.1, -0.05) is 0 Å². The number of hydrogen-bond acceptors (Lipinski definition) is 2. The molecule has 0 aliphatic heterocycles. The summed E-state index contributed by atoms with van der Waals surface area (Å²) in [4.78, 5) is 8.76. The maximum absolute atomic E-state index is 4.36. The van der Waals surface area contributed by atoms with Crippen LogP contribution in [0.5, 0.6) is 0 Å². The van der Waals surface area contributed by atoms with Gasteiger partial charge in [0.1, 0.15) is 5.65 Å². The van der Waals surface area contributed by atoms with E-state index in [9.17, 15) is 0 Å². The molecule has 2 nitrogen and oxygen atoms in total. The van der Waals surface area contributed by atoms with Crippen LogP contribution in [0.3, 0.4) is 0 Å². The second-order valence-corrected chi connectivity index (χ2v) is 4.93. The van der Waals surface area contributed by atoms with Gasteiger partial charge in [0.25, 0.3) is 0 Å². The van der Waals surface area contributed by atoms with Crippen LogP contribution >= 0.6 is 11.8 Å². The highest BCUT2D eigenvalue weighted by atomic mass is 32.2. The number of nitrogens with zero attached hydrogens (tertiary/aromatic N) is 1. The average Bonchev–Trinajstić information content (AvgIpc) is 2.92. The van der Waals surface area contributed by atoms with Gasteiger partial charge in [-0.25, -0.2) is 4.98 Å². The fraction of sp³-hybridized carbons (Fsp3) is 0.364. The Labute approximate surface area is 87.1 Å². The molecule has 2 heterocycles. The Bertz CT molecular complexity index is 445. The van der Waals surface area contributed by atoms with Gasteiger partial charge in [0.15, 0.2) is 0 Å². The van der Waals surface area contributed by atoms with Gasteiger partial charge in [0, 0.05) is 28.4 Å². The van der Waals surface area contributed by atoms with Crippen molar-refractivity contribution in [2.24, 2.45) is 5.92 Å². The van der Waals surface area contributed by atoms with Crippen LogP contribution in [0, 0.1) is 5.92 Å². The number of hydrogen-bond donors (Lipinski definition) is 1. The smallest absolute Gasteiger partial charge is 0.137 e. The van der Waals surface area contributed by atoms with Crippen molar-refractivity contribution in [1.29, 1.82) is 0 Å². The third kappa shape index (κ3) is 1.64. The molecule has 0 unspecified atom stereocenters. The molecule has 72 valence electrons. The molecule has 0 aromatic carbocycles. The summed E-state index contributed by atoms with van der Waals surface area (Å²) >= 11 is 1.93. The molecule has 0 atom stereocenters. The number of aromatic nitrogens is 2. The molecule has 3 rings (SSSR count). The van der Waals surface area contributed by atoms with Crippen molar-refractivity contribution in [2.75, 3.05) is 5.75 Å². The first kappa shape index (κ1) is 8.36. The highest BCUT2D eigenvalue weighted by molar-refractivity contribution is 7.99. The lowest BCUT2D eigenvalue weighted by molar-refractivity contribution is 0.999. The number of aromatic amines is 1. The molecular weight excluding hydrogens is 192 g/mol. The molecule has 1 aliphatic carbocycles. The topological polar surface area (TPSA) is 28.7 Å². The van der Waals surface area contributed by atoms with Gasteiger partial charge >= 0.3 is 0 Å². The summed E-state index contributed by atoms with van der Waals surface area (Å²) < 4.78 is 0. The molecule has 0 bridgehead atoms. The van der Waals surface area contributed by atoms with E-state index >= 15 is 0 Å². The first-order chi connectivity index (χ1) is 6.92. The minimum atomic E-state index is 0.974. The number of fused-ring (bicyclic) bond motifs is 1. The van der Waals surface area contributed by atoms with Gasteiger partial charge in [-0.2, -0.15) is 0 Å². The minimum absolute atomic E-state index is 0.974. The number of nitrogens with one attached hydrogen (secondary N) is 1. The molecule has 0 radical (unpaired) electrons. The molecule has 2 aromatic rings. The molecule has 1 N–H and O–H groups in total. The largest absolute Gasteiger partial charge is 0.346 e. The van der Waals surface area contributed by atoms with Crippen LogP contribution in [-0.4, -0.2) is 15.7 Å². The molecule has 3 heteroatoms. The summed E-state index contributed by atoms with van der Waals surface area (Å²) in [6.07, 6.45) is 6.75. The summed E-state index contributed by atoms with van der Waals surface area (Å²) in [6, 6.07) is 4.29. The fourth-order valence-electron chi connectivity index (χ4n) is 1.50. The zero-order valence-corrected chi connectivity index (χ0v) is 8.68. The fourth-order valence-corrected chi connectivity index (χ4v) is 2.60. The summed E-state index contributed by atoms with van der Waals surface area (Å²) in [5, 5.41) is 1.21. The Kier molecular flexibility index (Phi) is 1.98. The standard InChI is InChI=1S/C11H12N2S/c1-2-8(1)7-14-10-5-9-3-4-12-11(9)13-6-10/h3-6,8H,1-2,7H2,(H,12,13). The Morgan fingerprint density at radius 3 is 3.29 bits per heavy atom. The first-order valence-corrected chi connectivity index (χ1v) is 5.96. The van der Waals surface area contributed by atoms with E-state index < -0.39 is 0 Å². The second-order valence-electron chi connectivity index (χ2n) is 3.84. The van der Waals surface area contributed by atoms with Crippen LogP contribution in [0.4, 0.5) is 0 Å². The van der Waals surface area contributed by atoms with E-state index in [0.717, 1.165) is 11.6 Å². The van der Waals surface area contributed by atoms with Gasteiger partial charge in [0.2, 0.25) is 0 Å². The normalized spacial score (nSPS) is 16.3. The lowest BCUT2D eigenvalue weighted by Gasteiger charge is -1.99. The van der Waals surface area contributed by atoms with Crippen molar-refractivity contribution in [1.82, 2.24) is 9.97 Å². The van der Waals surface area contributed by atoms with Gasteiger partial charge < -0.3 is 4.98 Å². The number of H-pyrrole nitrogens is 1. The van der Waals surface area contributed by atoms with Crippen molar-refractivity contribution in [3.8, 4) is 0 Å². The Morgan fingerprint density at radius 1 is 1.50 bits per heavy atom. The van der Waals surface area contributed by atoms with Crippen LogP contribution < -0.4 is 0 Å². The van der Waals surface area contributed by atoms with E-state index in [2.05, 4.69) is 22.1 Å². The molecule has 0 amide bonds. The Hall–Kier alpha value is -0.960. The van der Waals surface area contributed by atoms with E-state index in [1.54, 1.807) is 0 Å². The van der Waals surface area contributed by atoms with E-state index in [1.165, 1.54) is 28.9 Å². The SMILES string of the molecule is c1cc2cc(SCC3CC3)cnc2[nH]1. The third-order valence-corrected chi connectivity index (χ3v) is 3.75. The lowest BCUT2D eigenvalue weighted by Crippen LogP contribution is -1.82. The quantitative estimate of drug-likeness (QED) is 0.778. The molecule has 1 fully saturated rings. The van der Waals surface area contributed by atoms with E-state index in [-0.39, 0.29) is 0 Å². The van der Waals surface area contributed by atoms with Crippen LogP contribution in [0.25, 0.3) is 11.0 Å². The Morgan fingerprint density at radius 2 is 2.43 bits per heavy atom. The maximum Gasteiger partial charge on any atom is 0.137 e. The Balaban J connectivity index is 1.81. The van der Waals surface area contributed by atoms with Crippen molar-refractivity contribution in [2.45, 2.75) is 17.7 Å². The second kappa shape index (κ2) is 3.31. The van der Waals surface area contributed by atoms with Crippen LogP contribution in [0.1, 0.15) is 12.8 Å². The van der Waals surface area contributed by atoms with Gasteiger partial charge in [-0.05, 0) is 30.9 Å². The molecule has 1 aliphatic rings. The van der Waals surface area contributed by atoms with Crippen molar-refractivity contribution in [3.63, 3.8) is 0 Å². The number of thioether (sulfide) groups is 1. The first-order valence-electron chi connectivity index (χ1n) is 4.98. The summed E-state index contributed by atoms with van der Waals surface area (Å²) in [7, 11) is 0. The highest BCUT2D eigenvalue weighted by Gasteiger charge is 2.21. The lowest BCUT2D eigenvalue weighted by atomic mass is 10.3. The molecule has 1 saturated carbocycles. The number of rotatable bonds is 3. The summed E-state index contributed by atoms with van der Waals surface area (Å²) in [5.41, 5.74) is 0.987. The highest BCUT2D eigenvalue weighted by Crippen LogP contribution is 2.35. The van der Waals surface area contributed by atoms with Crippen molar-refractivity contribution >= 4 is 22.8 Å². The molecular formula is C11H12N2S. The van der Waals surface area contributed by atoms with Crippen LogP contribution in [-0.2, 0) is 0 Å². The molecule has 14 heavy (non-hydrogen) atoms. The summed E-state index contributed by atoms with van der Waals surface area (Å²) in [6.45, 7) is 0. The molecule has 0 spiro atoms. The van der Waals surface area contributed by atoms with E-state index in [0.29, 0.717) is 0 Å². The molecule has 0 saturated heterocycles. The minimum Gasteiger partial charge on any atom is -0.346 e. The predicted molar refractivity (Wildman–Crippen MR) is 59.5 cm³/mol. The average molecular weight is 204 g/mol. The van der Waals surface area contributed by atoms with Gasteiger partial charge in [0.05, 0.1) is 0 Å².